The molecular weight excluding hydrogens is 368 g/mol. The second-order valence-electron chi connectivity index (χ2n) is 5.69. The molecule has 0 atom stereocenters. The highest BCUT2D eigenvalue weighted by molar-refractivity contribution is 7.15. The number of anilines is 1. The van der Waals surface area contributed by atoms with E-state index < -0.39 is 0 Å². The fraction of sp³-hybridized carbons (Fsp3) is 0.222. The van der Waals surface area contributed by atoms with E-state index in [1.165, 1.54) is 34.2 Å². The van der Waals surface area contributed by atoms with E-state index in [2.05, 4.69) is 15.5 Å². The highest BCUT2D eigenvalue weighted by Crippen LogP contribution is 2.23. The molecule has 8 nitrogen and oxygen atoms in total. The minimum atomic E-state index is -0.358. The highest BCUT2D eigenvalue weighted by atomic mass is 32.1. The van der Waals surface area contributed by atoms with Gasteiger partial charge in [-0.1, -0.05) is 11.3 Å². The number of ether oxygens (including phenoxy) is 2. The largest absolute Gasteiger partial charge is 0.497 e. The molecule has 1 aromatic carbocycles. The van der Waals surface area contributed by atoms with Gasteiger partial charge in [-0.05, 0) is 30.7 Å². The van der Waals surface area contributed by atoms with Crippen LogP contribution in [0.4, 0.5) is 5.13 Å². The molecule has 0 spiro atoms. The summed E-state index contributed by atoms with van der Waals surface area (Å²) >= 11 is 1.28. The Labute approximate surface area is 159 Å². The minimum Gasteiger partial charge on any atom is -0.497 e. The lowest BCUT2D eigenvalue weighted by Crippen LogP contribution is -2.22. The number of amides is 1. The molecule has 0 aliphatic rings. The van der Waals surface area contributed by atoms with Gasteiger partial charge in [0.05, 0.1) is 26.3 Å². The standard InChI is InChI=1S/C18H18N4O4S/c1-11-20-21-18(27-11)19-17(24)13-4-5-16(23)22(10-13)9-12-6-14(25-2)8-15(7-12)26-3/h4-8,10H,9H2,1-3H3,(H,19,21,24). The van der Waals surface area contributed by atoms with Crippen molar-refractivity contribution in [2.45, 2.75) is 13.5 Å². The molecule has 9 heteroatoms. The first kappa shape index (κ1) is 18.6. The van der Waals surface area contributed by atoms with Crippen molar-refractivity contribution in [3.63, 3.8) is 0 Å². The van der Waals surface area contributed by atoms with Crippen molar-refractivity contribution in [1.82, 2.24) is 14.8 Å². The lowest BCUT2D eigenvalue weighted by Gasteiger charge is -2.11. The molecule has 0 aliphatic heterocycles. The first-order chi connectivity index (χ1) is 13.0. The van der Waals surface area contributed by atoms with Gasteiger partial charge in [-0.25, -0.2) is 0 Å². The van der Waals surface area contributed by atoms with Crippen molar-refractivity contribution in [2.24, 2.45) is 0 Å². The van der Waals surface area contributed by atoms with Gasteiger partial charge < -0.3 is 14.0 Å². The predicted octanol–water partition coefficient (Wildman–Crippen LogP) is 2.33. The number of carbonyl (C=O) groups excluding carboxylic acids is 1. The normalized spacial score (nSPS) is 10.5. The number of hydrogen-bond acceptors (Lipinski definition) is 7. The number of carbonyl (C=O) groups is 1. The Bertz CT molecular complexity index is 1010. The molecule has 0 fully saturated rings. The molecule has 3 rings (SSSR count). The number of aryl methyl sites for hydroxylation is 1. The SMILES string of the molecule is COc1cc(Cn2cc(C(=O)Nc3nnc(C)s3)ccc2=O)cc(OC)c1. The molecule has 0 radical (unpaired) electrons. The molecule has 3 aromatic rings. The third kappa shape index (κ3) is 4.50. The third-order valence-electron chi connectivity index (χ3n) is 3.76. The number of nitrogens with one attached hydrogen (secondary N) is 1. The van der Waals surface area contributed by atoms with Crippen LogP contribution in [0.25, 0.3) is 0 Å². The Morgan fingerprint density at radius 3 is 2.44 bits per heavy atom. The van der Waals surface area contributed by atoms with E-state index in [-0.39, 0.29) is 18.0 Å². The summed E-state index contributed by atoms with van der Waals surface area (Å²) in [6.07, 6.45) is 1.51. The topological polar surface area (TPSA) is 95.3 Å². The van der Waals surface area contributed by atoms with Gasteiger partial charge in [0.15, 0.2) is 0 Å². The van der Waals surface area contributed by atoms with Crippen LogP contribution in [0.3, 0.4) is 0 Å². The van der Waals surface area contributed by atoms with Gasteiger partial charge >= 0.3 is 0 Å². The van der Waals surface area contributed by atoms with E-state index >= 15 is 0 Å². The summed E-state index contributed by atoms with van der Waals surface area (Å²) in [5.41, 5.74) is 0.933. The summed E-state index contributed by atoms with van der Waals surface area (Å²) in [6.45, 7) is 2.07. The molecule has 1 N–H and O–H groups in total. The number of pyridine rings is 1. The van der Waals surface area contributed by atoms with Crippen molar-refractivity contribution in [1.29, 1.82) is 0 Å². The Morgan fingerprint density at radius 2 is 1.85 bits per heavy atom. The molecule has 140 valence electrons. The molecule has 0 saturated heterocycles. The number of hydrogen-bond donors (Lipinski definition) is 1. The summed E-state index contributed by atoms with van der Waals surface area (Å²) in [4.78, 5) is 24.6. The van der Waals surface area contributed by atoms with Crippen molar-refractivity contribution in [3.8, 4) is 11.5 Å². The molecule has 2 heterocycles. The monoisotopic (exact) mass is 386 g/mol. The highest BCUT2D eigenvalue weighted by Gasteiger charge is 2.11. The van der Waals surface area contributed by atoms with Crippen LogP contribution in [-0.4, -0.2) is 34.9 Å². The van der Waals surface area contributed by atoms with Crippen LogP contribution < -0.4 is 20.3 Å². The van der Waals surface area contributed by atoms with E-state index in [1.54, 1.807) is 27.2 Å². The lowest BCUT2D eigenvalue weighted by molar-refractivity contribution is 0.102. The predicted molar refractivity (Wildman–Crippen MR) is 102 cm³/mol. The first-order valence-electron chi connectivity index (χ1n) is 8.02. The average Bonchev–Trinajstić information content (AvgIpc) is 3.07. The Balaban J connectivity index is 1.85. The molecule has 0 aliphatic carbocycles. The zero-order valence-electron chi connectivity index (χ0n) is 15.1. The van der Waals surface area contributed by atoms with Crippen LogP contribution >= 0.6 is 11.3 Å². The van der Waals surface area contributed by atoms with Crippen LogP contribution in [0.15, 0.2) is 41.3 Å². The summed E-state index contributed by atoms with van der Waals surface area (Å²) in [6, 6.07) is 8.21. The molecule has 27 heavy (non-hydrogen) atoms. The van der Waals surface area contributed by atoms with E-state index in [0.717, 1.165) is 10.6 Å². The summed E-state index contributed by atoms with van der Waals surface area (Å²) < 4.78 is 12.0. The van der Waals surface area contributed by atoms with E-state index in [0.29, 0.717) is 22.2 Å². The minimum absolute atomic E-state index is 0.222. The summed E-state index contributed by atoms with van der Waals surface area (Å²) in [7, 11) is 3.12. The van der Waals surface area contributed by atoms with Crippen molar-refractivity contribution < 1.29 is 14.3 Å². The van der Waals surface area contributed by atoms with Gasteiger partial charge in [0.1, 0.15) is 16.5 Å². The van der Waals surface area contributed by atoms with Gasteiger partial charge in [0.25, 0.3) is 11.5 Å². The Kier molecular flexibility index (Phi) is 5.51. The summed E-state index contributed by atoms with van der Waals surface area (Å²) in [5.74, 6) is 0.888. The number of aromatic nitrogens is 3. The second-order valence-corrected chi connectivity index (χ2v) is 6.87. The smallest absolute Gasteiger partial charge is 0.258 e. The van der Waals surface area contributed by atoms with E-state index in [1.807, 2.05) is 12.1 Å². The van der Waals surface area contributed by atoms with Crippen LogP contribution in [0.1, 0.15) is 20.9 Å². The molecule has 1 amide bonds. The number of methoxy groups -OCH3 is 2. The van der Waals surface area contributed by atoms with Crippen LogP contribution in [0.5, 0.6) is 11.5 Å². The fourth-order valence-corrected chi connectivity index (χ4v) is 3.05. The molecule has 0 unspecified atom stereocenters. The van der Waals surface area contributed by atoms with Gasteiger partial charge in [0, 0.05) is 18.3 Å². The molecule has 0 saturated carbocycles. The maximum atomic E-state index is 12.4. The third-order valence-corrected chi connectivity index (χ3v) is 4.51. The summed E-state index contributed by atoms with van der Waals surface area (Å²) in [5, 5.41) is 11.6. The lowest BCUT2D eigenvalue weighted by atomic mass is 10.2. The fourth-order valence-electron chi connectivity index (χ4n) is 2.46. The first-order valence-corrected chi connectivity index (χ1v) is 8.84. The van der Waals surface area contributed by atoms with Crippen LogP contribution in [-0.2, 0) is 6.54 Å². The van der Waals surface area contributed by atoms with Crippen molar-refractivity contribution >= 4 is 22.4 Å². The Hall–Kier alpha value is -3.20. The quantitative estimate of drug-likeness (QED) is 0.699. The zero-order chi connectivity index (χ0) is 19.4. The van der Waals surface area contributed by atoms with Crippen LogP contribution in [0.2, 0.25) is 0 Å². The number of rotatable bonds is 6. The average molecular weight is 386 g/mol. The van der Waals surface area contributed by atoms with Gasteiger partial charge in [-0.2, -0.15) is 0 Å². The maximum Gasteiger partial charge on any atom is 0.258 e. The van der Waals surface area contributed by atoms with Crippen molar-refractivity contribution in [3.05, 3.63) is 63.0 Å². The maximum absolute atomic E-state index is 12.4. The van der Waals surface area contributed by atoms with E-state index in [9.17, 15) is 9.59 Å². The van der Waals surface area contributed by atoms with Gasteiger partial charge in [-0.15, -0.1) is 10.2 Å². The molecular formula is C18H18N4O4S. The number of benzene rings is 1. The van der Waals surface area contributed by atoms with Crippen LogP contribution in [0, 0.1) is 6.92 Å². The second kappa shape index (κ2) is 8.00. The van der Waals surface area contributed by atoms with E-state index in [4.69, 9.17) is 9.47 Å². The Morgan fingerprint density at radius 1 is 1.15 bits per heavy atom. The molecule has 0 bridgehead atoms. The number of nitrogens with zero attached hydrogens (tertiary/aromatic N) is 3. The van der Waals surface area contributed by atoms with Crippen molar-refractivity contribution in [2.75, 3.05) is 19.5 Å². The molecule has 2 aromatic heterocycles. The van der Waals surface area contributed by atoms with Gasteiger partial charge in [-0.3, -0.25) is 14.9 Å². The van der Waals surface area contributed by atoms with Gasteiger partial charge in [0.2, 0.25) is 5.13 Å². The zero-order valence-corrected chi connectivity index (χ0v) is 15.9.